The standard InChI is InChI=1S/C13H14N2/c1-5-9-15-12-10(3)7-8-11(6-2)13(12)14-4/h5-9H,2-4H2,1H3/b9-5-,15-12?. The van der Waals surface area contributed by atoms with E-state index in [-0.39, 0.29) is 0 Å². The number of aliphatic imine (C=N–C) groups is 2. The molecule has 15 heavy (non-hydrogen) atoms. The van der Waals surface area contributed by atoms with Crippen molar-refractivity contribution in [3.8, 4) is 0 Å². The van der Waals surface area contributed by atoms with E-state index in [2.05, 4.69) is 29.9 Å². The van der Waals surface area contributed by atoms with Gasteiger partial charge in [0.25, 0.3) is 0 Å². The van der Waals surface area contributed by atoms with Crippen molar-refractivity contribution in [2.45, 2.75) is 6.92 Å². The Labute approximate surface area is 90.5 Å². The molecule has 0 aromatic rings. The van der Waals surface area contributed by atoms with Gasteiger partial charge in [-0.2, -0.15) is 0 Å². The maximum atomic E-state index is 4.28. The molecule has 0 saturated heterocycles. The third kappa shape index (κ3) is 2.29. The van der Waals surface area contributed by atoms with Gasteiger partial charge < -0.3 is 0 Å². The second-order valence-corrected chi connectivity index (χ2v) is 2.98. The van der Waals surface area contributed by atoms with Crippen molar-refractivity contribution in [3.63, 3.8) is 0 Å². The lowest BCUT2D eigenvalue weighted by Crippen LogP contribution is -2.08. The van der Waals surface area contributed by atoms with E-state index in [1.165, 1.54) is 0 Å². The molecular weight excluding hydrogens is 184 g/mol. The van der Waals surface area contributed by atoms with E-state index in [0.29, 0.717) is 0 Å². The highest BCUT2D eigenvalue weighted by atomic mass is 14.8. The van der Waals surface area contributed by atoms with Gasteiger partial charge in [0.15, 0.2) is 0 Å². The van der Waals surface area contributed by atoms with Gasteiger partial charge >= 0.3 is 0 Å². The second-order valence-electron chi connectivity index (χ2n) is 2.98. The molecule has 0 radical (unpaired) electrons. The van der Waals surface area contributed by atoms with Gasteiger partial charge in [-0.1, -0.05) is 37.5 Å². The van der Waals surface area contributed by atoms with Crippen LogP contribution in [0.4, 0.5) is 0 Å². The van der Waals surface area contributed by atoms with Crippen LogP contribution in [0.3, 0.4) is 0 Å². The van der Waals surface area contributed by atoms with Crippen LogP contribution in [0.25, 0.3) is 0 Å². The lowest BCUT2D eigenvalue weighted by atomic mass is 9.98. The molecule has 0 bridgehead atoms. The molecule has 0 spiro atoms. The summed E-state index contributed by atoms with van der Waals surface area (Å²) in [6, 6.07) is 0. The van der Waals surface area contributed by atoms with Crippen molar-refractivity contribution in [3.05, 3.63) is 60.5 Å². The summed E-state index contributed by atoms with van der Waals surface area (Å²) < 4.78 is 0. The minimum absolute atomic E-state index is 0.732. The molecule has 0 saturated carbocycles. The van der Waals surface area contributed by atoms with Gasteiger partial charge in [-0.25, -0.2) is 0 Å². The SMILES string of the molecule is C=CC1=C(N=C)C(=N/C=C\C)C(=C)C=C1. The Hall–Kier alpha value is -1.96. The van der Waals surface area contributed by atoms with Gasteiger partial charge in [0.05, 0.1) is 11.4 Å². The van der Waals surface area contributed by atoms with Crippen LogP contribution in [0.2, 0.25) is 0 Å². The Morgan fingerprint density at radius 3 is 2.60 bits per heavy atom. The molecule has 0 N–H and O–H groups in total. The zero-order valence-electron chi connectivity index (χ0n) is 8.90. The summed E-state index contributed by atoms with van der Waals surface area (Å²) >= 11 is 0. The maximum absolute atomic E-state index is 4.28. The van der Waals surface area contributed by atoms with E-state index in [4.69, 9.17) is 0 Å². The Morgan fingerprint density at radius 2 is 2.07 bits per heavy atom. The molecule has 0 atom stereocenters. The quantitative estimate of drug-likeness (QED) is 0.622. The van der Waals surface area contributed by atoms with E-state index in [0.717, 1.165) is 22.6 Å². The van der Waals surface area contributed by atoms with Crippen LogP contribution < -0.4 is 0 Å². The first-order valence-corrected chi connectivity index (χ1v) is 4.64. The molecule has 0 unspecified atom stereocenters. The molecule has 0 heterocycles. The number of nitrogens with zero attached hydrogens (tertiary/aromatic N) is 2. The van der Waals surface area contributed by atoms with Crippen molar-refractivity contribution in [2.24, 2.45) is 9.98 Å². The maximum Gasteiger partial charge on any atom is 0.0958 e. The van der Waals surface area contributed by atoms with Gasteiger partial charge in [-0.15, -0.1) is 0 Å². The Kier molecular flexibility index (Phi) is 3.75. The smallest absolute Gasteiger partial charge is 0.0958 e. The van der Waals surface area contributed by atoms with Crippen LogP contribution in [0.15, 0.2) is 70.5 Å². The fourth-order valence-corrected chi connectivity index (χ4v) is 1.26. The third-order valence-electron chi connectivity index (χ3n) is 2.00. The molecule has 1 aliphatic rings. The molecule has 0 aliphatic heterocycles. The predicted molar refractivity (Wildman–Crippen MR) is 67.3 cm³/mol. The molecule has 1 aliphatic carbocycles. The first-order valence-electron chi connectivity index (χ1n) is 4.64. The molecule has 0 fully saturated rings. The predicted octanol–water partition coefficient (Wildman–Crippen LogP) is 3.23. The van der Waals surface area contributed by atoms with Crippen molar-refractivity contribution in [1.29, 1.82) is 0 Å². The summed E-state index contributed by atoms with van der Waals surface area (Å²) in [4.78, 5) is 8.25. The van der Waals surface area contributed by atoms with Crippen molar-refractivity contribution >= 4 is 12.4 Å². The van der Waals surface area contributed by atoms with Gasteiger partial charge in [-0.05, 0) is 19.2 Å². The first-order chi connectivity index (χ1) is 7.24. The Balaban J connectivity index is 3.30. The van der Waals surface area contributed by atoms with E-state index in [1.807, 2.05) is 25.2 Å². The molecule has 2 nitrogen and oxygen atoms in total. The number of rotatable bonds is 3. The second kappa shape index (κ2) is 5.05. The van der Waals surface area contributed by atoms with Crippen LogP contribution >= 0.6 is 0 Å². The van der Waals surface area contributed by atoms with Crippen molar-refractivity contribution < 1.29 is 0 Å². The van der Waals surface area contributed by atoms with Crippen molar-refractivity contribution in [1.82, 2.24) is 0 Å². The van der Waals surface area contributed by atoms with Crippen LogP contribution in [-0.2, 0) is 0 Å². The minimum Gasteiger partial charge on any atom is -0.262 e. The van der Waals surface area contributed by atoms with Crippen LogP contribution in [0.1, 0.15) is 6.92 Å². The molecule has 76 valence electrons. The summed E-state index contributed by atoms with van der Waals surface area (Å²) in [5.41, 5.74) is 3.23. The van der Waals surface area contributed by atoms with Gasteiger partial charge in [0.2, 0.25) is 0 Å². The fourth-order valence-electron chi connectivity index (χ4n) is 1.26. The molecular formula is C13H14N2. The Morgan fingerprint density at radius 1 is 1.33 bits per heavy atom. The number of hydrogen-bond acceptors (Lipinski definition) is 2. The highest BCUT2D eigenvalue weighted by molar-refractivity contribution is 6.16. The fraction of sp³-hybridized carbons (Fsp3) is 0.0769. The lowest BCUT2D eigenvalue weighted by Gasteiger charge is -2.13. The van der Waals surface area contributed by atoms with E-state index in [9.17, 15) is 0 Å². The minimum atomic E-state index is 0.732. The topological polar surface area (TPSA) is 24.7 Å². The summed E-state index contributed by atoms with van der Waals surface area (Å²) in [6.07, 6.45) is 9.11. The van der Waals surface area contributed by atoms with E-state index < -0.39 is 0 Å². The average molecular weight is 198 g/mol. The molecule has 0 aromatic carbocycles. The van der Waals surface area contributed by atoms with Gasteiger partial charge in [-0.3, -0.25) is 9.98 Å². The van der Waals surface area contributed by atoms with Crippen LogP contribution in [0.5, 0.6) is 0 Å². The van der Waals surface area contributed by atoms with Crippen LogP contribution in [0, 0.1) is 0 Å². The first kappa shape index (κ1) is 11.1. The molecule has 0 aromatic heterocycles. The molecule has 0 amide bonds. The number of hydrogen-bond donors (Lipinski definition) is 0. The van der Waals surface area contributed by atoms with Gasteiger partial charge in [0.1, 0.15) is 0 Å². The zero-order valence-corrected chi connectivity index (χ0v) is 8.90. The van der Waals surface area contributed by atoms with Gasteiger partial charge in [0, 0.05) is 11.8 Å². The average Bonchev–Trinajstić information content (AvgIpc) is 2.27. The highest BCUT2D eigenvalue weighted by Gasteiger charge is 2.14. The molecule has 1 rings (SSSR count). The third-order valence-corrected chi connectivity index (χ3v) is 2.00. The summed E-state index contributed by atoms with van der Waals surface area (Å²) in [7, 11) is 0. The van der Waals surface area contributed by atoms with Crippen LogP contribution in [-0.4, -0.2) is 12.4 Å². The van der Waals surface area contributed by atoms with E-state index >= 15 is 0 Å². The number of allylic oxidation sites excluding steroid dienone is 6. The summed E-state index contributed by atoms with van der Waals surface area (Å²) in [6.45, 7) is 13.1. The van der Waals surface area contributed by atoms with Crippen molar-refractivity contribution in [2.75, 3.05) is 0 Å². The summed E-state index contributed by atoms with van der Waals surface area (Å²) in [5.74, 6) is 0. The molecule has 2 heteroatoms. The lowest BCUT2D eigenvalue weighted by molar-refractivity contribution is 1.36. The normalized spacial score (nSPS) is 19.0. The Bertz CT molecular complexity index is 418. The largest absolute Gasteiger partial charge is 0.262 e. The zero-order chi connectivity index (χ0) is 11.3. The highest BCUT2D eigenvalue weighted by Crippen LogP contribution is 2.21. The monoisotopic (exact) mass is 198 g/mol. The summed E-state index contributed by atoms with van der Waals surface area (Å²) in [5, 5.41) is 0. The van der Waals surface area contributed by atoms with E-state index in [1.54, 1.807) is 12.3 Å².